The molecule has 5 unspecified atom stereocenters. The molecule has 5 heteroatoms. The standard InChI is InChI=1S/C23H34O5/c1-14(6-5-7-16(3)27-13-15(2)24)17-10-11-23(4)19(17)12-18-21(28-23)9-8-20(25)22(18)26/h10,14,16,19-20,25H,5-9,11-13H2,1-4H3. The predicted molar refractivity (Wildman–Crippen MR) is 107 cm³/mol. The minimum atomic E-state index is -0.866. The van der Waals surface area contributed by atoms with Crippen LogP contribution in [0.1, 0.15) is 72.6 Å². The molecule has 5 nitrogen and oxygen atoms in total. The van der Waals surface area contributed by atoms with E-state index in [1.54, 1.807) is 6.92 Å². The average molecular weight is 391 g/mol. The Kier molecular flexibility index (Phi) is 6.45. The zero-order valence-electron chi connectivity index (χ0n) is 17.6. The Hall–Kier alpha value is -1.46. The second-order valence-corrected chi connectivity index (χ2v) is 9.06. The van der Waals surface area contributed by atoms with Gasteiger partial charge in [-0.3, -0.25) is 9.59 Å². The summed E-state index contributed by atoms with van der Waals surface area (Å²) in [5, 5.41) is 9.96. The van der Waals surface area contributed by atoms with Gasteiger partial charge in [0.05, 0.1) is 6.10 Å². The Bertz CT molecular complexity index is 691. The van der Waals surface area contributed by atoms with E-state index in [4.69, 9.17) is 9.47 Å². The van der Waals surface area contributed by atoms with E-state index in [9.17, 15) is 14.7 Å². The number of ether oxygens (including phenoxy) is 2. The van der Waals surface area contributed by atoms with Gasteiger partial charge in [0.1, 0.15) is 24.1 Å². The first kappa shape index (κ1) is 21.3. The van der Waals surface area contributed by atoms with Crippen LogP contribution >= 0.6 is 0 Å². The second kappa shape index (κ2) is 8.50. The predicted octanol–water partition coefficient (Wildman–Crippen LogP) is 3.89. The monoisotopic (exact) mass is 390 g/mol. The van der Waals surface area contributed by atoms with Crippen molar-refractivity contribution in [1.82, 2.24) is 0 Å². The van der Waals surface area contributed by atoms with Gasteiger partial charge in [-0.15, -0.1) is 0 Å². The van der Waals surface area contributed by atoms with Crippen LogP contribution in [0.2, 0.25) is 0 Å². The largest absolute Gasteiger partial charge is 0.491 e. The van der Waals surface area contributed by atoms with Crippen molar-refractivity contribution in [2.45, 2.75) is 90.4 Å². The highest BCUT2D eigenvalue weighted by atomic mass is 16.5. The van der Waals surface area contributed by atoms with Gasteiger partial charge in [-0.2, -0.15) is 0 Å². The van der Waals surface area contributed by atoms with Gasteiger partial charge in [-0.1, -0.05) is 25.0 Å². The van der Waals surface area contributed by atoms with Crippen LogP contribution in [0.25, 0.3) is 0 Å². The second-order valence-electron chi connectivity index (χ2n) is 9.06. The van der Waals surface area contributed by atoms with E-state index in [2.05, 4.69) is 19.9 Å². The normalized spacial score (nSPS) is 31.6. The first-order valence-corrected chi connectivity index (χ1v) is 10.7. The fraction of sp³-hybridized carbons (Fsp3) is 0.739. The van der Waals surface area contributed by atoms with Crippen LogP contribution in [0.15, 0.2) is 23.0 Å². The van der Waals surface area contributed by atoms with Gasteiger partial charge in [-0.25, -0.2) is 0 Å². The lowest BCUT2D eigenvalue weighted by atomic mass is 9.73. The third kappa shape index (κ3) is 4.41. The summed E-state index contributed by atoms with van der Waals surface area (Å²) < 4.78 is 11.9. The highest BCUT2D eigenvalue weighted by Gasteiger charge is 2.49. The lowest BCUT2D eigenvalue weighted by Crippen LogP contribution is -2.43. The van der Waals surface area contributed by atoms with E-state index in [0.29, 0.717) is 30.8 Å². The Morgan fingerprint density at radius 2 is 2.14 bits per heavy atom. The summed E-state index contributed by atoms with van der Waals surface area (Å²) in [6.45, 7) is 8.16. The van der Waals surface area contributed by atoms with Gasteiger partial charge < -0.3 is 14.6 Å². The summed E-state index contributed by atoms with van der Waals surface area (Å²) in [7, 11) is 0. The molecule has 0 fully saturated rings. The molecule has 0 saturated carbocycles. The molecule has 0 bridgehead atoms. The summed E-state index contributed by atoms with van der Waals surface area (Å²) in [6, 6.07) is 0. The SMILES string of the molecule is CC(=O)COC(C)CCCC(C)C1=CCC2(C)OC3=C(CC12)C(=O)C(O)CC3. The van der Waals surface area contributed by atoms with Crippen molar-refractivity contribution in [2.75, 3.05) is 6.61 Å². The van der Waals surface area contributed by atoms with Crippen molar-refractivity contribution < 1.29 is 24.2 Å². The molecule has 1 N–H and O–H groups in total. The molecule has 5 atom stereocenters. The number of carbonyl (C=O) groups is 2. The molecular weight excluding hydrogens is 356 g/mol. The third-order valence-electron chi connectivity index (χ3n) is 6.62. The number of allylic oxidation sites excluding steroid dienone is 1. The van der Waals surface area contributed by atoms with E-state index in [0.717, 1.165) is 31.4 Å². The quantitative estimate of drug-likeness (QED) is 0.637. The fourth-order valence-electron chi connectivity index (χ4n) is 4.87. The molecule has 0 spiro atoms. The number of hydrogen-bond donors (Lipinski definition) is 1. The number of ketones is 2. The zero-order chi connectivity index (χ0) is 20.5. The summed E-state index contributed by atoms with van der Waals surface area (Å²) in [5.41, 5.74) is 1.84. The van der Waals surface area contributed by atoms with Gasteiger partial charge in [0.25, 0.3) is 0 Å². The number of Topliss-reactive ketones (excluding diaryl/α,β-unsaturated/α-hetero) is 2. The van der Waals surface area contributed by atoms with Crippen molar-refractivity contribution in [3.63, 3.8) is 0 Å². The molecule has 2 aliphatic carbocycles. The average Bonchev–Trinajstić information content (AvgIpc) is 2.98. The molecule has 3 rings (SSSR count). The van der Waals surface area contributed by atoms with Crippen molar-refractivity contribution in [3.8, 4) is 0 Å². The minimum Gasteiger partial charge on any atom is -0.491 e. The maximum atomic E-state index is 12.4. The minimum absolute atomic E-state index is 0.0592. The van der Waals surface area contributed by atoms with E-state index in [-0.39, 0.29) is 35.8 Å². The number of carbonyl (C=O) groups excluding carboxylic acids is 2. The molecule has 0 aromatic rings. The number of hydrogen-bond acceptors (Lipinski definition) is 5. The van der Waals surface area contributed by atoms with Gasteiger partial charge in [0, 0.05) is 24.3 Å². The van der Waals surface area contributed by atoms with Crippen LogP contribution in [0.4, 0.5) is 0 Å². The Balaban J connectivity index is 1.58. The van der Waals surface area contributed by atoms with E-state index < -0.39 is 6.10 Å². The van der Waals surface area contributed by atoms with Crippen molar-refractivity contribution >= 4 is 11.6 Å². The smallest absolute Gasteiger partial charge is 0.190 e. The van der Waals surface area contributed by atoms with Crippen molar-refractivity contribution in [1.29, 1.82) is 0 Å². The fourth-order valence-corrected chi connectivity index (χ4v) is 4.87. The molecule has 0 aromatic carbocycles. The molecule has 156 valence electrons. The lowest BCUT2D eigenvalue weighted by molar-refractivity contribution is -0.127. The maximum absolute atomic E-state index is 12.4. The Morgan fingerprint density at radius 1 is 1.39 bits per heavy atom. The molecule has 0 radical (unpaired) electrons. The van der Waals surface area contributed by atoms with E-state index >= 15 is 0 Å². The molecule has 1 aliphatic heterocycles. The highest BCUT2D eigenvalue weighted by Crippen LogP contribution is 2.51. The molecule has 28 heavy (non-hydrogen) atoms. The number of rotatable bonds is 8. The maximum Gasteiger partial charge on any atom is 0.190 e. The van der Waals surface area contributed by atoms with Crippen molar-refractivity contribution in [2.24, 2.45) is 11.8 Å². The van der Waals surface area contributed by atoms with Gasteiger partial charge in [-0.05, 0) is 52.4 Å². The van der Waals surface area contributed by atoms with Gasteiger partial charge >= 0.3 is 0 Å². The molecule has 0 saturated heterocycles. The number of fused-ring (bicyclic) bond motifs is 1. The summed E-state index contributed by atoms with van der Waals surface area (Å²) in [6.07, 6.45) is 7.25. The first-order chi connectivity index (χ1) is 13.2. The zero-order valence-corrected chi connectivity index (χ0v) is 17.6. The summed E-state index contributed by atoms with van der Waals surface area (Å²) in [4.78, 5) is 23.5. The molecule has 0 aromatic heterocycles. The van der Waals surface area contributed by atoms with Crippen LogP contribution in [0.3, 0.4) is 0 Å². The lowest BCUT2D eigenvalue weighted by Gasteiger charge is -2.43. The van der Waals surface area contributed by atoms with Gasteiger partial charge in [0.15, 0.2) is 11.6 Å². The van der Waals surface area contributed by atoms with Crippen LogP contribution in [-0.2, 0) is 19.1 Å². The van der Waals surface area contributed by atoms with E-state index in [1.165, 1.54) is 5.57 Å². The van der Waals surface area contributed by atoms with E-state index in [1.807, 2.05) is 6.92 Å². The summed E-state index contributed by atoms with van der Waals surface area (Å²) >= 11 is 0. The Labute approximate surface area is 168 Å². The molecule has 0 amide bonds. The van der Waals surface area contributed by atoms with Gasteiger partial charge in [0.2, 0.25) is 0 Å². The van der Waals surface area contributed by atoms with Crippen molar-refractivity contribution in [3.05, 3.63) is 23.0 Å². The number of aliphatic hydroxyl groups excluding tert-OH is 1. The van der Waals surface area contributed by atoms with Crippen LogP contribution < -0.4 is 0 Å². The number of aliphatic hydroxyl groups is 1. The Morgan fingerprint density at radius 3 is 2.86 bits per heavy atom. The third-order valence-corrected chi connectivity index (χ3v) is 6.62. The first-order valence-electron chi connectivity index (χ1n) is 10.7. The molecular formula is C23H34O5. The highest BCUT2D eigenvalue weighted by molar-refractivity contribution is 6.00. The topological polar surface area (TPSA) is 72.8 Å². The molecule has 1 heterocycles. The molecule has 3 aliphatic rings. The van der Waals surface area contributed by atoms with Crippen LogP contribution in [0.5, 0.6) is 0 Å². The van der Waals surface area contributed by atoms with Crippen LogP contribution in [-0.4, -0.2) is 41.1 Å². The summed E-state index contributed by atoms with van der Waals surface area (Å²) in [5.74, 6) is 1.36. The van der Waals surface area contributed by atoms with Crippen LogP contribution in [0, 0.1) is 11.8 Å².